The van der Waals surface area contributed by atoms with Gasteiger partial charge in [-0.25, -0.2) is 14.8 Å². The minimum Gasteiger partial charge on any atom is -0.496 e. The molecule has 148 valence electrons. The standard InChI is InChI=1S/C20H23N3O5/c1-13-3-4-17(27-2)14(9-13)20(5-7-28-8-6-20)12-23-18(24)15-10-22-16(11-21-15)19(25)26/h3-4,9-11H,5-8,12H2,1-2H3,(H,23,24)(H,25,26). The molecule has 1 aliphatic heterocycles. The maximum absolute atomic E-state index is 12.5. The number of aryl methyl sites for hydroxylation is 1. The number of hydrogen-bond acceptors (Lipinski definition) is 6. The number of methoxy groups -OCH3 is 1. The van der Waals surface area contributed by atoms with E-state index in [-0.39, 0.29) is 16.8 Å². The van der Waals surface area contributed by atoms with Crippen LogP contribution in [0.5, 0.6) is 5.75 Å². The molecule has 0 radical (unpaired) electrons. The lowest BCUT2D eigenvalue weighted by Gasteiger charge is -2.38. The van der Waals surface area contributed by atoms with Gasteiger partial charge >= 0.3 is 5.97 Å². The number of amides is 1. The molecule has 0 atom stereocenters. The minimum atomic E-state index is -1.19. The third-order valence-corrected chi connectivity index (χ3v) is 5.07. The van der Waals surface area contributed by atoms with Crippen molar-refractivity contribution in [2.75, 3.05) is 26.9 Å². The molecule has 8 nitrogen and oxygen atoms in total. The van der Waals surface area contributed by atoms with E-state index in [0.717, 1.165) is 35.9 Å². The largest absolute Gasteiger partial charge is 0.496 e. The molecule has 0 bridgehead atoms. The molecule has 1 aliphatic rings. The van der Waals surface area contributed by atoms with E-state index >= 15 is 0 Å². The van der Waals surface area contributed by atoms with Gasteiger partial charge in [0.2, 0.25) is 0 Å². The Morgan fingerprint density at radius 2 is 1.89 bits per heavy atom. The predicted octanol–water partition coefficient (Wildman–Crippen LogP) is 1.97. The Labute approximate surface area is 162 Å². The van der Waals surface area contributed by atoms with Gasteiger partial charge in [0.05, 0.1) is 19.5 Å². The lowest BCUT2D eigenvalue weighted by molar-refractivity contribution is 0.0478. The second-order valence-corrected chi connectivity index (χ2v) is 6.87. The summed E-state index contributed by atoms with van der Waals surface area (Å²) in [7, 11) is 1.64. The third kappa shape index (κ3) is 4.12. The predicted molar refractivity (Wildman–Crippen MR) is 101 cm³/mol. The second-order valence-electron chi connectivity index (χ2n) is 6.87. The highest BCUT2D eigenvalue weighted by Gasteiger charge is 2.37. The number of nitrogens with zero attached hydrogens (tertiary/aromatic N) is 2. The molecule has 1 amide bonds. The summed E-state index contributed by atoms with van der Waals surface area (Å²) in [6.07, 6.45) is 3.74. The summed E-state index contributed by atoms with van der Waals surface area (Å²) < 4.78 is 11.1. The average Bonchev–Trinajstić information content (AvgIpc) is 2.72. The zero-order chi connectivity index (χ0) is 20.1. The molecule has 1 aromatic heterocycles. The molecule has 2 aromatic rings. The zero-order valence-electron chi connectivity index (χ0n) is 15.9. The van der Waals surface area contributed by atoms with Gasteiger partial charge in [0.15, 0.2) is 5.69 Å². The van der Waals surface area contributed by atoms with Crippen molar-refractivity contribution in [1.29, 1.82) is 0 Å². The van der Waals surface area contributed by atoms with Crippen LogP contribution >= 0.6 is 0 Å². The molecule has 3 rings (SSSR count). The Balaban J connectivity index is 1.82. The number of carboxylic acids is 1. The van der Waals surface area contributed by atoms with E-state index in [2.05, 4.69) is 21.4 Å². The lowest BCUT2D eigenvalue weighted by Crippen LogP contribution is -2.45. The summed E-state index contributed by atoms with van der Waals surface area (Å²) >= 11 is 0. The zero-order valence-corrected chi connectivity index (χ0v) is 15.9. The Morgan fingerprint density at radius 1 is 1.21 bits per heavy atom. The van der Waals surface area contributed by atoms with Crippen molar-refractivity contribution >= 4 is 11.9 Å². The first-order valence-corrected chi connectivity index (χ1v) is 9.01. The quantitative estimate of drug-likeness (QED) is 0.782. The van der Waals surface area contributed by atoms with Gasteiger partial charge in [0.1, 0.15) is 11.4 Å². The second kappa shape index (κ2) is 8.35. The van der Waals surface area contributed by atoms with E-state index in [9.17, 15) is 9.59 Å². The van der Waals surface area contributed by atoms with Crippen LogP contribution < -0.4 is 10.1 Å². The SMILES string of the molecule is COc1ccc(C)cc1C1(CNC(=O)c2cnc(C(=O)O)cn2)CCOCC1. The molecule has 2 N–H and O–H groups in total. The summed E-state index contributed by atoms with van der Waals surface area (Å²) in [6, 6.07) is 6.03. The smallest absolute Gasteiger partial charge is 0.356 e. The fourth-order valence-corrected chi connectivity index (χ4v) is 3.44. The Morgan fingerprint density at radius 3 is 2.50 bits per heavy atom. The van der Waals surface area contributed by atoms with Crippen molar-refractivity contribution in [3.63, 3.8) is 0 Å². The Bertz CT molecular complexity index is 861. The summed E-state index contributed by atoms with van der Waals surface area (Å²) in [5, 5.41) is 11.8. The van der Waals surface area contributed by atoms with Crippen LogP contribution in [0.4, 0.5) is 0 Å². The number of carbonyl (C=O) groups is 2. The van der Waals surface area contributed by atoms with Crippen molar-refractivity contribution in [2.45, 2.75) is 25.2 Å². The van der Waals surface area contributed by atoms with E-state index < -0.39 is 11.9 Å². The third-order valence-electron chi connectivity index (χ3n) is 5.07. The first kappa shape index (κ1) is 19.8. The van der Waals surface area contributed by atoms with Gasteiger partial charge in [-0.3, -0.25) is 4.79 Å². The van der Waals surface area contributed by atoms with Crippen LogP contribution in [0.15, 0.2) is 30.6 Å². The number of hydrogen-bond donors (Lipinski definition) is 2. The normalized spacial score (nSPS) is 15.6. The molecule has 1 saturated heterocycles. The highest BCUT2D eigenvalue weighted by atomic mass is 16.5. The number of aromatic carboxylic acids is 1. The fourth-order valence-electron chi connectivity index (χ4n) is 3.44. The van der Waals surface area contributed by atoms with Gasteiger partial charge in [-0.1, -0.05) is 17.7 Å². The summed E-state index contributed by atoms with van der Waals surface area (Å²) in [4.78, 5) is 31.1. The number of nitrogens with one attached hydrogen (secondary N) is 1. The fraction of sp³-hybridized carbons (Fsp3) is 0.400. The molecule has 2 heterocycles. The van der Waals surface area contributed by atoms with E-state index in [4.69, 9.17) is 14.6 Å². The number of carboxylic acid groups (broad SMARTS) is 1. The van der Waals surface area contributed by atoms with Crippen molar-refractivity contribution < 1.29 is 24.2 Å². The lowest BCUT2D eigenvalue weighted by atomic mass is 9.73. The van der Waals surface area contributed by atoms with Crippen LogP contribution in [-0.4, -0.2) is 53.8 Å². The highest BCUT2D eigenvalue weighted by Crippen LogP contribution is 2.40. The highest BCUT2D eigenvalue weighted by molar-refractivity contribution is 5.92. The first-order chi connectivity index (χ1) is 13.4. The van der Waals surface area contributed by atoms with Crippen molar-refractivity contribution in [2.24, 2.45) is 0 Å². The minimum absolute atomic E-state index is 0.0726. The van der Waals surface area contributed by atoms with Gasteiger partial charge in [0.25, 0.3) is 5.91 Å². The average molecular weight is 385 g/mol. The molecule has 0 aliphatic carbocycles. The van der Waals surface area contributed by atoms with Gasteiger partial charge in [-0.2, -0.15) is 0 Å². The van der Waals surface area contributed by atoms with E-state index in [1.807, 2.05) is 19.1 Å². The maximum atomic E-state index is 12.5. The molecule has 0 saturated carbocycles. The number of benzene rings is 1. The molecular weight excluding hydrogens is 362 g/mol. The number of aromatic nitrogens is 2. The van der Waals surface area contributed by atoms with Crippen LogP contribution in [0.3, 0.4) is 0 Å². The van der Waals surface area contributed by atoms with E-state index in [1.54, 1.807) is 7.11 Å². The molecule has 28 heavy (non-hydrogen) atoms. The van der Waals surface area contributed by atoms with E-state index in [0.29, 0.717) is 19.8 Å². The van der Waals surface area contributed by atoms with Crippen LogP contribution in [-0.2, 0) is 10.2 Å². The Hall–Kier alpha value is -3.00. The number of ether oxygens (including phenoxy) is 2. The van der Waals surface area contributed by atoms with Crippen molar-refractivity contribution in [1.82, 2.24) is 15.3 Å². The summed E-state index contributed by atoms with van der Waals surface area (Å²) in [5.74, 6) is -0.804. The van der Waals surface area contributed by atoms with Crippen molar-refractivity contribution in [3.8, 4) is 5.75 Å². The van der Waals surface area contributed by atoms with Crippen LogP contribution in [0, 0.1) is 6.92 Å². The van der Waals surface area contributed by atoms with Crippen LogP contribution in [0.1, 0.15) is 44.9 Å². The molecule has 8 heteroatoms. The summed E-state index contributed by atoms with van der Waals surface area (Å²) in [5.41, 5.74) is 1.71. The number of rotatable bonds is 6. The van der Waals surface area contributed by atoms with Crippen molar-refractivity contribution in [3.05, 3.63) is 53.1 Å². The van der Waals surface area contributed by atoms with E-state index in [1.165, 1.54) is 6.20 Å². The van der Waals surface area contributed by atoms with Crippen LogP contribution in [0.25, 0.3) is 0 Å². The van der Waals surface area contributed by atoms with Gasteiger partial charge in [0, 0.05) is 30.7 Å². The molecule has 1 aromatic carbocycles. The molecule has 1 fully saturated rings. The maximum Gasteiger partial charge on any atom is 0.356 e. The summed E-state index contributed by atoms with van der Waals surface area (Å²) in [6.45, 7) is 3.60. The first-order valence-electron chi connectivity index (χ1n) is 9.01. The monoisotopic (exact) mass is 385 g/mol. The topological polar surface area (TPSA) is 111 Å². The molecule has 0 unspecified atom stereocenters. The molecular formula is C20H23N3O5. The van der Waals surface area contributed by atoms with Gasteiger partial charge < -0.3 is 19.9 Å². The Kier molecular flexibility index (Phi) is 5.89. The number of carbonyl (C=O) groups excluding carboxylic acids is 1. The van der Waals surface area contributed by atoms with Gasteiger partial charge in [-0.05, 0) is 25.8 Å². The van der Waals surface area contributed by atoms with Crippen LogP contribution in [0.2, 0.25) is 0 Å². The molecule has 0 spiro atoms. The van der Waals surface area contributed by atoms with Gasteiger partial charge in [-0.15, -0.1) is 0 Å².